The third-order valence-corrected chi connectivity index (χ3v) is 6.47. The maximum Gasteiger partial charge on any atom is 0.257 e. The van der Waals surface area contributed by atoms with E-state index in [1.54, 1.807) is 17.1 Å². The van der Waals surface area contributed by atoms with Crippen LogP contribution in [0.2, 0.25) is 0 Å². The maximum atomic E-state index is 13.5. The molecule has 2 aromatic carbocycles. The summed E-state index contributed by atoms with van der Waals surface area (Å²) in [7, 11) is 4.17. The number of halogens is 1. The highest BCUT2D eigenvalue weighted by Crippen LogP contribution is 2.33. The first-order valence-corrected chi connectivity index (χ1v) is 11.0. The smallest absolute Gasteiger partial charge is 0.257 e. The molecule has 0 aromatic heterocycles. The molecule has 2 heterocycles. The van der Waals surface area contributed by atoms with Crippen LogP contribution in [0.3, 0.4) is 0 Å². The summed E-state index contributed by atoms with van der Waals surface area (Å²) in [6.45, 7) is 4.49. The molecule has 1 fully saturated rings. The molecule has 1 unspecified atom stereocenters. The summed E-state index contributed by atoms with van der Waals surface area (Å²) >= 11 is 0. The van der Waals surface area contributed by atoms with Crippen LogP contribution in [0.5, 0.6) is 0 Å². The molecule has 1 saturated heterocycles. The van der Waals surface area contributed by atoms with Crippen molar-refractivity contribution in [1.82, 2.24) is 14.8 Å². The molecule has 1 atom stereocenters. The lowest BCUT2D eigenvalue weighted by Gasteiger charge is -2.35. The minimum atomic E-state index is -0.276. The number of amides is 1. The Kier molecular flexibility index (Phi) is 6.49. The largest absolute Gasteiger partial charge is 0.306 e. The van der Waals surface area contributed by atoms with E-state index in [0.717, 1.165) is 48.3 Å². The molecule has 0 N–H and O–H groups in total. The predicted molar refractivity (Wildman–Crippen MR) is 121 cm³/mol. The Morgan fingerprint density at radius 1 is 1.16 bits per heavy atom. The molecule has 0 radical (unpaired) electrons. The van der Waals surface area contributed by atoms with E-state index in [-0.39, 0.29) is 17.8 Å². The average Bonchev–Trinajstić information content (AvgIpc) is 3.20. The zero-order chi connectivity index (χ0) is 22.0. The second kappa shape index (κ2) is 9.28. The number of carbonyl (C=O) groups is 1. The Morgan fingerprint density at radius 3 is 2.55 bits per heavy atom. The number of likely N-dealkylation sites (tertiary alicyclic amines) is 1. The number of piperidine rings is 1. The molecule has 0 bridgehead atoms. The van der Waals surface area contributed by atoms with E-state index >= 15 is 0 Å². The van der Waals surface area contributed by atoms with Gasteiger partial charge in [0.15, 0.2) is 0 Å². The third-order valence-electron chi connectivity index (χ3n) is 6.47. The number of carbonyl (C=O) groups excluding carboxylic acids is 1. The van der Waals surface area contributed by atoms with Crippen LogP contribution in [0.25, 0.3) is 0 Å². The zero-order valence-corrected chi connectivity index (χ0v) is 18.6. The average molecular weight is 423 g/mol. The summed E-state index contributed by atoms with van der Waals surface area (Å²) in [4.78, 5) is 17.8. The van der Waals surface area contributed by atoms with E-state index in [0.29, 0.717) is 19.0 Å². The second-order valence-corrected chi connectivity index (χ2v) is 8.88. The molecule has 6 heteroatoms. The van der Waals surface area contributed by atoms with Gasteiger partial charge >= 0.3 is 0 Å². The highest BCUT2D eigenvalue weighted by Gasteiger charge is 2.34. The molecule has 0 aliphatic carbocycles. The lowest BCUT2D eigenvalue weighted by Crippen LogP contribution is -2.45. The molecule has 2 aliphatic rings. The minimum absolute atomic E-state index is 0.0154. The third kappa shape index (κ3) is 5.02. The SMILES string of the molecule is Cc1cccc(C2=NN(C(=O)CN(C)C3CCN(C)CC3)C(c3ccc(F)cc3)C2)c1. The van der Waals surface area contributed by atoms with Gasteiger partial charge in [-0.3, -0.25) is 9.69 Å². The van der Waals surface area contributed by atoms with Crippen molar-refractivity contribution in [3.05, 3.63) is 71.0 Å². The highest BCUT2D eigenvalue weighted by molar-refractivity contribution is 6.03. The number of likely N-dealkylation sites (N-methyl/N-ethyl adjacent to an activating group) is 1. The molecule has 0 saturated carbocycles. The molecule has 5 nitrogen and oxygen atoms in total. The summed E-state index contributed by atoms with van der Waals surface area (Å²) in [6, 6.07) is 14.8. The first-order valence-electron chi connectivity index (χ1n) is 11.0. The first kappa shape index (κ1) is 21.7. The molecule has 164 valence electrons. The monoisotopic (exact) mass is 422 g/mol. The Bertz CT molecular complexity index is 950. The van der Waals surface area contributed by atoms with Crippen molar-refractivity contribution in [1.29, 1.82) is 0 Å². The van der Waals surface area contributed by atoms with Gasteiger partial charge in [-0.2, -0.15) is 5.10 Å². The number of rotatable bonds is 5. The van der Waals surface area contributed by atoms with E-state index in [1.165, 1.54) is 12.1 Å². The lowest BCUT2D eigenvalue weighted by atomic mass is 9.97. The predicted octanol–water partition coefficient (Wildman–Crippen LogP) is 3.84. The van der Waals surface area contributed by atoms with Gasteiger partial charge in [-0.1, -0.05) is 42.0 Å². The van der Waals surface area contributed by atoms with E-state index in [4.69, 9.17) is 5.10 Å². The van der Waals surface area contributed by atoms with Gasteiger partial charge in [0.1, 0.15) is 5.82 Å². The Hall–Kier alpha value is -2.57. The van der Waals surface area contributed by atoms with Crippen LogP contribution in [0.15, 0.2) is 53.6 Å². The minimum Gasteiger partial charge on any atom is -0.306 e. The van der Waals surface area contributed by atoms with Gasteiger partial charge in [-0.15, -0.1) is 0 Å². The van der Waals surface area contributed by atoms with Gasteiger partial charge in [0, 0.05) is 12.5 Å². The molecule has 4 rings (SSSR count). The normalized spacial score (nSPS) is 20.4. The number of benzene rings is 2. The standard InChI is InChI=1S/C25H31FN4O/c1-18-5-4-6-20(15-18)23-16-24(19-7-9-21(26)10-8-19)30(27-23)25(31)17-29(3)22-11-13-28(2)14-12-22/h4-10,15,22,24H,11-14,16-17H2,1-3H3. The van der Waals surface area contributed by atoms with Gasteiger partial charge < -0.3 is 4.90 Å². The van der Waals surface area contributed by atoms with Crippen molar-refractivity contribution in [2.75, 3.05) is 33.7 Å². The molecule has 0 spiro atoms. The molecule has 31 heavy (non-hydrogen) atoms. The van der Waals surface area contributed by atoms with Crippen molar-refractivity contribution in [3.63, 3.8) is 0 Å². The quantitative estimate of drug-likeness (QED) is 0.735. The van der Waals surface area contributed by atoms with Crippen LogP contribution < -0.4 is 0 Å². The number of aryl methyl sites for hydroxylation is 1. The van der Waals surface area contributed by atoms with Gasteiger partial charge in [-0.05, 0) is 70.2 Å². The van der Waals surface area contributed by atoms with E-state index in [1.807, 2.05) is 19.2 Å². The van der Waals surface area contributed by atoms with Crippen LogP contribution in [0.1, 0.15) is 42.0 Å². The van der Waals surface area contributed by atoms with Crippen molar-refractivity contribution in [2.24, 2.45) is 5.10 Å². The number of nitrogens with zero attached hydrogens (tertiary/aromatic N) is 4. The van der Waals surface area contributed by atoms with Crippen LogP contribution >= 0.6 is 0 Å². The summed E-state index contributed by atoms with van der Waals surface area (Å²) in [5.41, 5.74) is 3.99. The fourth-order valence-corrected chi connectivity index (χ4v) is 4.53. The maximum absolute atomic E-state index is 13.5. The van der Waals surface area contributed by atoms with Crippen LogP contribution in [-0.4, -0.2) is 66.2 Å². The molecule has 1 amide bonds. The van der Waals surface area contributed by atoms with E-state index in [2.05, 4.69) is 35.9 Å². The summed E-state index contributed by atoms with van der Waals surface area (Å²) < 4.78 is 13.5. The van der Waals surface area contributed by atoms with Crippen molar-refractivity contribution >= 4 is 11.6 Å². The number of hydrogen-bond donors (Lipinski definition) is 0. The summed E-state index contributed by atoms with van der Waals surface area (Å²) in [5, 5.41) is 6.38. The van der Waals surface area contributed by atoms with Gasteiger partial charge in [-0.25, -0.2) is 9.40 Å². The zero-order valence-electron chi connectivity index (χ0n) is 18.6. The van der Waals surface area contributed by atoms with Crippen molar-refractivity contribution in [3.8, 4) is 0 Å². The van der Waals surface area contributed by atoms with Crippen LogP contribution in [-0.2, 0) is 4.79 Å². The van der Waals surface area contributed by atoms with Gasteiger partial charge in [0.05, 0.1) is 18.3 Å². The van der Waals surface area contributed by atoms with Gasteiger partial charge in [0.2, 0.25) is 0 Å². The first-order chi connectivity index (χ1) is 14.9. The summed E-state index contributed by atoms with van der Waals surface area (Å²) in [6.07, 6.45) is 2.76. The van der Waals surface area contributed by atoms with Crippen molar-refractivity contribution in [2.45, 2.75) is 38.3 Å². The topological polar surface area (TPSA) is 39.2 Å². The van der Waals surface area contributed by atoms with Gasteiger partial charge in [0.25, 0.3) is 5.91 Å². The van der Waals surface area contributed by atoms with Crippen LogP contribution in [0.4, 0.5) is 4.39 Å². The second-order valence-electron chi connectivity index (χ2n) is 8.88. The number of hydrogen-bond acceptors (Lipinski definition) is 4. The number of hydrazone groups is 1. The van der Waals surface area contributed by atoms with E-state index in [9.17, 15) is 9.18 Å². The molecule has 2 aromatic rings. The Morgan fingerprint density at radius 2 is 1.87 bits per heavy atom. The van der Waals surface area contributed by atoms with Crippen molar-refractivity contribution < 1.29 is 9.18 Å². The van der Waals surface area contributed by atoms with Crippen LogP contribution in [0, 0.1) is 12.7 Å². The summed E-state index contributed by atoms with van der Waals surface area (Å²) in [5.74, 6) is -0.292. The Labute approximate surface area is 184 Å². The molecule has 2 aliphatic heterocycles. The van der Waals surface area contributed by atoms with E-state index < -0.39 is 0 Å². The lowest BCUT2D eigenvalue weighted by molar-refractivity contribution is -0.134. The molecular formula is C25H31FN4O. The fraction of sp³-hybridized carbons (Fsp3) is 0.440. The Balaban J connectivity index is 1.55. The highest BCUT2D eigenvalue weighted by atomic mass is 19.1. The fourth-order valence-electron chi connectivity index (χ4n) is 4.53. The molecular weight excluding hydrogens is 391 g/mol.